The van der Waals surface area contributed by atoms with Gasteiger partial charge in [-0.15, -0.1) is 0 Å². The fourth-order valence-electron chi connectivity index (χ4n) is 1.95. The number of nitrogens with one attached hydrogen (secondary N) is 2. The average Bonchev–Trinajstić information content (AvgIpc) is 2.30. The molecule has 0 radical (unpaired) electrons. The highest BCUT2D eigenvalue weighted by molar-refractivity contribution is 7.98. The normalized spacial score (nSPS) is 21.9. The SMILES string of the molecule is CSC[C@@H](C)NC(=O)NCC[C@@H]1CCCCO1. The van der Waals surface area contributed by atoms with Crippen molar-refractivity contribution in [2.75, 3.05) is 25.2 Å². The monoisotopic (exact) mass is 260 g/mol. The van der Waals surface area contributed by atoms with E-state index in [9.17, 15) is 4.79 Å². The topological polar surface area (TPSA) is 50.4 Å². The molecule has 1 aliphatic rings. The van der Waals surface area contributed by atoms with Gasteiger partial charge in [-0.25, -0.2) is 4.79 Å². The highest BCUT2D eigenvalue weighted by Gasteiger charge is 2.13. The predicted octanol–water partition coefficient (Wildman–Crippen LogP) is 2.00. The van der Waals surface area contributed by atoms with E-state index in [-0.39, 0.29) is 12.1 Å². The van der Waals surface area contributed by atoms with Crippen molar-refractivity contribution in [1.82, 2.24) is 10.6 Å². The number of ether oxygens (including phenoxy) is 1. The molecule has 0 aromatic rings. The predicted molar refractivity (Wildman–Crippen MR) is 72.6 cm³/mol. The number of hydrogen-bond donors (Lipinski definition) is 2. The second kappa shape index (κ2) is 8.64. The Bertz CT molecular complexity index is 221. The minimum Gasteiger partial charge on any atom is -0.378 e. The third-order valence-electron chi connectivity index (χ3n) is 2.82. The fourth-order valence-corrected chi connectivity index (χ4v) is 2.53. The molecule has 1 saturated heterocycles. The van der Waals surface area contributed by atoms with E-state index >= 15 is 0 Å². The van der Waals surface area contributed by atoms with Crippen molar-refractivity contribution in [3.63, 3.8) is 0 Å². The Morgan fingerprint density at radius 2 is 2.35 bits per heavy atom. The van der Waals surface area contributed by atoms with Gasteiger partial charge in [-0.05, 0) is 38.9 Å². The smallest absolute Gasteiger partial charge is 0.315 e. The molecule has 2 N–H and O–H groups in total. The van der Waals surface area contributed by atoms with Gasteiger partial charge >= 0.3 is 6.03 Å². The van der Waals surface area contributed by atoms with E-state index in [4.69, 9.17) is 4.74 Å². The molecule has 1 aliphatic heterocycles. The van der Waals surface area contributed by atoms with Gasteiger partial charge in [-0.1, -0.05) is 0 Å². The van der Waals surface area contributed by atoms with Crippen molar-refractivity contribution < 1.29 is 9.53 Å². The van der Waals surface area contributed by atoms with E-state index in [0.29, 0.717) is 12.6 Å². The summed E-state index contributed by atoms with van der Waals surface area (Å²) in [7, 11) is 0. The number of hydrogen-bond acceptors (Lipinski definition) is 3. The summed E-state index contributed by atoms with van der Waals surface area (Å²) in [6, 6.07) is 0.151. The first kappa shape index (κ1) is 14.6. The number of urea groups is 1. The van der Waals surface area contributed by atoms with Gasteiger partial charge < -0.3 is 15.4 Å². The van der Waals surface area contributed by atoms with Crippen molar-refractivity contribution in [2.45, 2.75) is 44.8 Å². The molecule has 2 amide bonds. The van der Waals surface area contributed by atoms with Crippen molar-refractivity contribution in [1.29, 1.82) is 0 Å². The molecular formula is C12H24N2O2S. The van der Waals surface area contributed by atoms with Gasteiger partial charge in [0, 0.05) is 24.9 Å². The average molecular weight is 260 g/mol. The van der Waals surface area contributed by atoms with Gasteiger partial charge in [-0.3, -0.25) is 0 Å². The Balaban J connectivity index is 2.03. The first-order valence-electron chi connectivity index (χ1n) is 6.37. The van der Waals surface area contributed by atoms with Crippen LogP contribution < -0.4 is 10.6 Å². The van der Waals surface area contributed by atoms with Crippen molar-refractivity contribution >= 4 is 17.8 Å². The first-order chi connectivity index (χ1) is 8.22. The molecule has 0 aromatic heterocycles. The minimum atomic E-state index is -0.0673. The van der Waals surface area contributed by atoms with Crippen molar-refractivity contribution in [2.24, 2.45) is 0 Å². The molecule has 2 atom stereocenters. The van der Waals surface area contributed by atoms with Gasteiger partial charge in [0.25, 0.3) is 0 Å². The van der Waals surface area contributed by atoms with E-state index in [1.165, 1.54) is 12.8 Å². The number of rotatable bonds is 6. The van der Waals surface area contributed by atoms with E-state index < -0.39 is 0 Å². The lowest BCUT2D eigenvalue weighted by molar-refractivity contribution is 0.0120. The molecule has 0 aliphatic carbocycles. The van der Waals surface area contributed by atoms with Gasteiger partial charge in [0.05, 0.1) is 6.10 Å². The van der Waals surface area contributed by atoms with E-state index in [2.05, 4.69) is 10.6 Å². The van der Waals surface area contributed by atoms with E-state index in [0.717, 1.165) is 25.2 Å². The van der Waals surface area contributed by atoms with Crippen LogP contribution in [0.2, 0.25) is 0 Å². The molecule has 1 heterocycles. The summed E-state index contributed by atoms with van der Waals surface area (Å²) in [4.78, 5) is 11.5. The van der Waals surface area contributed by atoms with Gasteiger partial charge in [0.1, 0.15) is 0 Å². The molecule has 5 heteroatoms. The third kappa shape index (κ3) is 6.78. The van der Waals surface area contributed by atoms with E-state index in [1.807, 2.05) is 13.2 Å². The fraction of sp³-hybridized carbons (Fsp3) is 0.917. The molecule has 1 rings (SSSR count). The Kier molecular flexibility index (Phi) is 7.44. The maximum Gasteiger partial charge on any atom is 0.315 e. The summed E-state index contributed by atoms with van der Waals surface area (Å²) in [5.74, 6) is 0.944. The molecule has 0 bridgehead atoms. The van der Waals surface area contributed by atoms with E-state index in [1.54, 1.807) is 11.8 Å². The van der Waals surface area contributed by atoms with Crippen LogP contribution in [0.25, 0.3) is 0 Å². The van der Waals surface area contributed by atoms with Crippen LogP contribution in [0.4, 0.5) is 4.79 Å². The molecule has 0 unspecified atom stereocenters. The highest BCUT2D eigenvalue weighted by atomic mass is 32.2. The molecule has 0 spiro atoms. The number of amides is 2. The van der Waals surface area contributed by atoms with Crippen LogP contribution >= 0.6 is 11.8 Å². The minimum absolute atomic E-state index is 0.0673. The van der Waals surface area contributed by atoms with Gasteiger partial charge in [0.15, 0.2) is 0 Å². The maximum absolute atomic E-state index is 11.5. The van der Waals surface area contributed by atoms with Crippen LogP contribution in [-0.4, -0.2) is 43.3 Å². The first-order valence-corrected chi connectivity index (χ1v) is 7.76. The number of carbonyl (C=O) groups excluding carboxylic acids is 1. The summed E-state index contributed by atoms with van der Waals surface area (Å²) in [6.45, 7) is 3.59. The van der Waals surface area contributed by atoms with Crippen LogP contribution in [0, 0.1) is 0 Å². The molecular weight excluding hydrogens is 236 g/mol. The summed E-state index contributed by atoms with van der Waals surface area (Å²) < 4.78 is 5.60. The molecule has 0 saturated carbocycles. The van der Waals surface area contributed by atoms with Crippen molar-refractivity contribution in [3.8, 4) is 0 Å². The number of thioether (sulfide) groups is 1. The molecule has 0 aromatic carbocycles. The van der Waals surface area contributed by atoms with Crippen LogP contribution in [0.1, 0.15) is 32.6 Å². The second-order valence-corrected chi connectivity index (χ2v) is 5.44. The molecule has 17 heavy (non-hydrogen) atoms. The summed E-state index contributed by atoms with van der Waals surface area (Å²) >= 11 is 1.74. The largest absolute Gasteiger partial charge is 0.378 e. The zero-order chi connectivity index (χ0) is 12.5. The molecule has 1 fully saturated rings. The van der Waals surface area contributed by atoms with Crippen LogP contribution in [0.15, 0.2) is 0 Å². The highest BCUT2D eigenvalue weighted by Crippen LogP contribution is 2.14. The summed E-state index contributed by atoms with van der Waals surface area (Å²) in [6.07, 6.45) is 6.86. The zero-order valence-corrected chi connectivity index (χ0v) is 11.6. The van der Waals surface area contributed by atoms with Crippen molar-refractivity contribution in [3.05, 3.63) is 0 Å². The van der Waals surface area contributed by atoms with Gasteiger partial charge in [-0.2, -0.15) is 11.8 Å². The maximum atomic E-state index is 11.5. The lowest BCUT2D eigenvalue weighted by atomic mass is 10.1. The summed E-state index contributed by atoms with van der Waals surface area (Å²) in [5.41, 5.74) is 0. The Hall–Kier alpha value is -0.420. The van der Waals surface area contributed by atoms with Crippen LogP contribution in [0.3, 0.4) is 0 Å². The Labute approximate surface area is 108 Å². The lowest BCUT2D eigenvalue weighted by Crippen LogP contribution is -2.42. The third-order valence-corrected chi connectivity index (χ3v) is 3.65. The lowest BCUT2D eigenvalue weighted by Gasteiger charge is -2.22. The second-order valence-electron chi connectivity index (χ2n) is 4.53. The number of carbonyl (C=O) groups is 1. The standard InChI is InChI=1S/C12H24N2O2S/c1-10(9-17-2)14-12(15)13-7-6-11-5-3-4-8-16-11/h10-11H,3-9H2,1-2H3,(H2,13,14,15)/t10-,11+/m1/s1. The van der Waals surface area contributed by atoms with Crippen LogP contribution in [0.5, 0.6) is 0 Å². The quantitative estimate of drug-likeness (QED) is 0.768. The summed E-state index contributed by atoms with van der Waals surface area (Å²) in [5, 5.41) is 5.79. The zero-order valence-electron chi connectivity index (χ0n) is 10.8. The Morgan fingerprint density at radius 1 is 1.53 bits per heavy atom. The van der Waals surface area contributed by atoms with Gasteiger partial charge in [0.2, 0.25) is 0 Å². The Morgan fingerprint density at radius 3 is 3.00 bits per heavy atom. The van der Waals surface area contributed by atoms with Crippen LogP contribution in [-0.2, 0) is 4.74 Å². The molecule has 4 nitrogen and oxygen atoms in total. The molecule has 100 valence electrons.